The predicted molar refractivity (Wildman–Crippen MR) is 80.3 cm³/mol. The summed E-state index contributed by atoms with van der Waals surface area (Å²) in [7, 11) is 0. The van der Waals surface area contributed by atoms with Gasteiger partial charge in [-0.3, -0.25) is 4.79 Å². The largest absolute Gasteiger partial charge is 0.507 e. The van der Waals surface area contributed by atoms with Crippen molar-refractivity contribution < 1.29 is 19.4 Å². The molecule has 5 heteroatoms. The summed E-state index contributed by atoms with van der Waals surface area (Å²) in [5.41, 5.74) is -0.537. The van der Waals surface area contributed by atoms with Crippen molar-refractivity contribution in [2.45, 2.75) is 6.42 Å². The molecule has 2 N–H and O–H groups in total. The average molecular weight is 296 g/mol. The van der Waals surface area contributed by atoms with E-state index in [1.54, 1.807) is 36.4 Å². The molecule has 0 aliphatic rings. The molecule has 110 valence electrons. The van der Waals surface area contributed by atoms with Crippen molar-refractivity contribution in [3.8, 4) is 11.5 Å². The summed E-state index contributed by atoms with van der Waals surface area (Å²) in [6.07, 6.45) is -0.351. The van der Waals surface area contributed by atoms with Crippen molar-refractivity contribution in [1.82, 2.24) is 0 Å². The molecule has 0 fully saturated rings. The maximum atomic E-state index is 12.2. The topological polar surface area (TPSA) is 87.7 Å². The van der Waals surface area contributed by atoms with Gasteiger partial charge in [0, 0.05) is 6.42 Å². The first kappa shape index (κ1) is 13.9. The maximum absolute atomic E-state index is 12.2. The van der Waals surface area contributed by atoms with Crippen molar-refractivity contribution in [2.24, 2.45) is 0 Å². The number of rotatable bonds is 3. The molecule has 3 aromatic rings. The molecule has 22 heavy (non-hydrogen) atoms. The summed E-state index contributed by atoms with van der Waals surface area (Å²) in [6.45, 7) is 0. The summed E-state index contributed by atoms with van der Waals surface area (Å²) in [5, 5.41) is 20.3. The van der Waals surface area contributed by atoms with Crippen LogP contribution in [0.3, 0.4) is 0 Å². The highest BCUT2D eigenvalue weighted by Gasteiger charge is 2.19. The second kappa shape index (κ2) is 5.37. The molecule has 0 amide bonds. The Morgan fingerprint density at radius 3 is 2.45 bits per heavy atom. The quantitative estimate of drug-likeness (QED) is 0.573. The van der Waals surface area contributed by atoms with Crippen LogP contribution < -0.4 is 5.63 Å². The number of Topliss-reactive ketones (excluding diaryl/α,β-unsaturated/α-hetero) is 1. The number of carbonyl (C=O) groups is 1. The Balaban J connectivity index is 2.06. The van der Waals surface area contributed by atoms with Crippen LogP contribution in [0.4, 0.5) is 0 Å². The van der Waals surface area contributed by atoms with E-state index in [1.807, 2.05) is 0 Å². The first-order valence-electron chi connectivity index (χ1n) is 6.63. The van der Waals surface area contributed by atoms with E-state index in [0.717, 1.165) is 0 Å². The molecule has 1 heterocycles. The van der Waals surface area contributed by atoms with Crippen LogP contribution in [0.5, 0.6) is 11.5 Å². The molecule has 3 rings (SSSR count). The number of hydrogen-bond donors (Lipinski definition) is 2. The third kappa shape index (κ3) is 2.33. The highest BCUT2D eigenvalue weighted by molar-refractivity contribution is 6.00. The molecule has 2 aromatic carbocycles. The Hall–Kier alpha value is -3.08. The van der Waals surface area contributed by atoms with Gasteiger partial charge in [-0.25, -0.2) is 4.79 Å². The Kier molecular flexibility index (Phi) is 3.39. The molecule has 0 radical (unpaired) electrons. The van der Waals surface area contributed by atoms with Crippen LogP contribution in [0.2, 0.25) is 0 Å². The molecular weight excluding hydrogens is 284 g/mol. The van der Waals surface area contributed by atoms with E-state index in [1.165, 1.54) is 12.1 Å². The number of benzene rings is 2. The van der Waals surface area contributed by atoms with Crippen LogP contribution in [0.15, 0.2) is 57.7 Å². The minimum atomic E-state index is -0.764. The van der Waals surface area contributed by atoms with Crippen molar-refractivity contribution >= 4 is 16.8 Å². The molecule has 0 bridgehead atoms. The number of ketones is 1. The van der Waals surface area contributed by atoms with Gasteiger partial charge in [0.2, 0.25) is 0 Å². The lowest BCUT2D eigenvalue weighted by atomic mass is 10.0. The Morgan fingerprint density at radius 1 is 1.00 bits per heavy atom. The van der Waals surface area contributed by atoms with Crippen molar-refractivity contribution in [1.29, 1.82) is 0 Å². The van der Waals surface area contributed by atoms with Gasteiger partial charge in [-0.2, -0.15) is 0 Å². The second-order valence-electron chi connectivity index (χ2n) is 4.83. The zero-order chi connectivity index (χ0) is 15.7. The minimum Gasteiger partial charge on any atom is -0.507 e. The van der Waals surface area contributed by atoms with Gasteiger partial charge >= 0.3 is 5.63 Å². The molecule has 0 saturated heterocycles. The normalized spacial score (nSPS) is 10.7. The van der Waals surface area contributed by atoms with Gasteiger partial charge in [0.1, 0.15) is 17.1 Å². The predicted octanol–water partition coefficient (Wildman–Crippen LogP) is 2.63. The van der Waals surface area contributed by atoms with Crippen LogP contribution in [0.1, 0.15) is 15.9 Å². The fraction of sp³-hybridized carbons (Fsp3) is 0.0588. The third-order valence-corrected chi connectivity index (χ3v) is 3.42. The lowest BCUT2D eigenvalue weighted by molar-refractivity contribution is 0.0988. The van der Waals surface area contributed by atoms with Gasteiger partial charge in [-0.15, -0.1) is 0 Å². The third-order valence-electron chi connectivity index (χ3n) is 3.42. The monoisotopic (exact) mass is 296 g/mol. The van der Waals surface area contributed by atoms with E-state index in [4.69, 9.17) is 4.42 Å². The number of para-hydroxylation sites is 2. The van der Waals surface area contributed by atoms with E-state index >= 15 is 0 Å². The van der Waals surface area contributed by atoms with Crippen molar-refractivity contribution in [3.63, 3.8) is 0 Å². The number of fused-ring (bicyclic) bond motifs is 1. The first-order chi connectivity index (χ1) is 10.6. The van der Waals surface area contributed by atoms with E-state index in [9.17, 15) is 19.8 Å². The van der Waals surface area contributed by atoms with E-state index in [-0.39, 0.29) is 34.6 Å². The highest BCUT2D eigenvalue weighted by atomic mass is 16.4. The Labute approximate surface area is 125 Å². The van der Waals surface area contributed by atoms with Crippen molar-refractivity contribution in [2.75, 3.05) is 0 Å². The zero-order valence-electron chi connectivity index (χ0n) is 11.4. The van der Waals surface area contributed by atoms with E-state index in [2.05, 4.69) is 0 Å². The SMILES string of the molecule is O=C(Cc1c(O)c2ccccc2oc1=O)c1ccccc1O. The molecule has 0 aliphatic carbocycles. The lowest BCUT2D eigenvalue weighted by Gasteiger charge is -2.06. The molecule has 0 spiro atoms. The van der Waals surface area contributed by atoms with E-state index < -0.39 is 11.4 Å². The zero-order valence-corrected chi connectivity index (χ0v) is 11.4. The summed E-state index contributed by atoms with van der Waals surface area (Å²) in [4.78, 5) is 24.2. The summed E-state index contributed by atoms with van der Waals surface area (Å²) < 4.78 is 5.11. The number of carbonyl (C=O) groups excluding carboxylic acids is 1. The number of hydrogen-bond acceptors (Lipinski definition) is 5. The first-order valence-corrected chi connectivity index (χ1v) is 6.63. The smallest absolute Gasteiger partial charge is 0.343 e. The number of phenolic OH excluding ortho intramolecular Hbond substituents is 1. The molecule has 1 aromatic heterocycles. The number of aromatic hydroxyl groups is 2. The van der Waals surface area contributed by atoms with Crippen LogP contribution in [0.25, 0.3) is 11.0 Å². The average Bonchev–Trinajstić information content (AvgIpc) is 2.51. The summed E-state index contributed by atoms with van der Waals surface area (Å²) >= 11 is 0. The van der Waals surface area contributed by atoms with Gasteiger partial charge in [0.05, 0.1) is 16.5 Å². The standard InChI is InChI=1S/C17H12O5/c18-13-7-3-1-5-10(13)14(19)9-12-16(20)11-6-2-4-8-15(11)22-17(12)21/h1-8,18,20H,9H2. The van der Waals surface area contributed by atoms with Gasteiger partial charge in [0.25, 0.3) is 0 Å². The lowest BCUT2D eigenvalue weighted by Crippen LogP contribution is -2.13. The Morgan fingerprint density at radius 2 is 1.68 bits per heavy atom. The highest BCUT2D eigenvalue weighted by Crippen LogP contribution is 2.27. The molecule has 0 saturated carbocycles. The van der Waals surface area contributed by atoms with Crippen LogP contribution in [0, 0.1) is 0 Å². The number of phenols is 1. The molecular formula is C17H12O5. The second-order valence-corrected chi connectivity index (χ2v) is 4.83. The van der Waals surface area contributed by atoms with Crippen LogP contribution >= 0.6 is 0 Å². The van der Waals surface area contributed by atoms with Gasteiger partial charge in [-0.1, -0.05) is 24.3 Å². The minimum absolute atomic E-state index is 0.0921. The van der Waals surface area contributed by atoms with Crippen LogP contribution in [-0.2, 0) is 6.42 Å². The van der Waals surface area contributed by atoms with Crippen molar-refractivity contribution in [3.05, 3.63) is 70.1 Å². The fourth-order valence-corrected chi connectivity index (χ4v) is 2.29. The molecule has 0 unspecified atom stereocenters. The van der Waals surface area contributed by atoms with Crippen LogP contribution in [-0.4, -0.2) is 16.0 Å². The van der Waals surface area contributed by atoms with Gasteiger partial charge in [0.15, 0.2) is 5.78 Å². The molecule has 5 nitrogen and oxygen atoms in total. The Bertz CT molecular complexity index is 924. The van der Waals surface area contributed by atoms with Gasteiger partial charge in [-0.05, 0) is 24.3 Å². The molecule has 0 aliphatic heterocycles. The molecule has 0 atom stereocenters. The van der Waals surface area contributed by atoms with Gasteiger partial charge < -0.3 is 14.6 Å². The summed E-state index contributed by atoms with van der Waals surface area (Å²) in [5.74, 6) is -0.913. The van der Waals surface area contributed by atoms with E-state index in [0.29, 0.717) is 5.39 Å². The maximum Gasteiger partial charge on any atom is 0.343 e. The summed E-state index contributed by atoms with van der Waals surface area (Å²) in [6, 6.07) is 12.6. The fourth-order valence-electron chi connectivity index (χ4n) is 2.29.